The Kier molecular flexibility index (Phi) is 6.99. The molecule has 2 amide bonds. The number of nitrogens with one attached hydrogen (secondary N) is 2. The summed E-state index contributed by atoms with van der Waals surface area (Å²) in [6.45, 7) is 2.76. The van der Waals surface area contributed by atoms with Crippen molar-refractivity contribution in [3.05, 3.63) is 94.5 Å². The van der Waals surface area contributed by atoms with Gasteiger partial charge in [-0.2, -0.15) is 0 Å². The lowest BCUT2D eigenvalue weighted by atomic mass is 10.0. The molecule has 0 saturated carbocycles. The molecule has 0 spiro atoms. The quantitative estimate of drug-likeness (QED) is 0.398. The number of likely N-dealkylation sites (tertiary alicyclic amines) is 1. The van der Waals surface area contributed by atoms with E-state index in [1.54, 1.807) is 25.4 Å². The second-order valence-electron chi connectivity index (χ2n) is 8.91. The molecule has 9 nitrogen and oxygen atoms in total. The van der Waals surface area contributed by atoms with Crippen LogP contribution in [0, 0.1) is 0 Å². The number of aromatic nitrogens is 3. The van der Waals surface area contributed by atoms with Crippen molar-refractivity contribution < 1.29 is 9.53 Å². The van der Waals surface area contributed by atoms with E-state index in [-0.39, 0.29) is 17.8 Å². The average Bonchev–Trinajstić information content (AvgIpc) is 3.53. The van der Waals surface area contributed by atoms with Crippen LogP contribution < -0.4 is 21.1 Å². The van der Waals surface area contributed by atoms with Crippen molar-refractivity contribution in [1.29, 1.82) is 0 Å². The van der Waals surface area contributed by atoms with Crippen molar-refractivity contribution in [3.63, 3.8) is 0 Å². The summed E-state index contributed by atoms with van der Waals surface area (Å²) in [6.07, 6.45) is 4.00. The Labute approximate surface area is 209 Å². The van der Waals surface area contributed by atoms with Gasteiger partial charge in [0.1, 0.15) is 5.75 Å². The van der Waals surface area contributed by atoms with Crippen molar-refractivity contribution in [2.75, 3.05) is 32.1 Å². The second-order valence-corrected chi connectivity index (χ2v) is 8.91. The molecule has 3 heterocycles. The number of methoxy groups -OCH3 is 1. The monoisotopic (exact) mass is 486 g/mol. The molecule has 0 radical (unpaired) electrons. The first-order valence-electron chi connectivity index (χ1n) is 12.2. The van der Waals surface area contributed by atoms with Gasteiger partial charge in [0, 0.05) is 24.0 Å². The third-order valence-corrected chi connectivity index (χ3v) is 6.54. The van der Waals surface area contributed by atoms with E-state index in [0.29, 0.717) is 24.4 Å². The van der Waals surface area contributed by atoms with Gasteiger partial charge in [0.25, 0.3) is 0 Å². The van der Waals surface area contributed by atoms with Gasteiger partial charge in [-0.25, -0.2) is 14.3 Å². The number of amides is 2. The molecule has 1 fully saturated rings. The fraction of sp³-hybridized carbons (Fsp3) is 0.296. The van der Waals surface area contributed by atoms with Gasteiger partial charge in [-0.05, 0) is 61.8 Å². The normalized spacial score (nSPS) is 14.6. The minimum Gasteiger partial charge on any atom is -0.496 e. The van der Waals surface area contributed by atoms with Crippen LogP contribution >= 0.6 is 0 Å². The molecule has 1 unspecified atom stereocenters. The molecule has 36 heavy (non-hydrogen) atoms. The van der Waals surface area contributed by atoms with Gasteiger partial charge in [0.05, 0.1) is 19.7 Å². The van der Waals surface area contributed by atoms with Crippen molar-refractivity contribution in [2.45, 2.75) is 25.4 Å². The molecule has 2 aromatic carbocycles. The van der Waals surface area contributed by atoms with Gasteiger partial charge in [-0.15, -0.1) is 5.10 Å². The number of anilines is 1. The highest BCUT2D eigenvalue weighted by Crippen LogP contribution is 2.31. The van der Waals surface area contributed by atoms with E-state index in [4.69, 9.17) is 4.74 Å². The van der Waals surface area contributed by atoms with Crippen LogP contribution in [0.2, 0.25) is 0 Å². The van der Waals surface area contributed by atoms with E-state index >= 15 is 0 Å². The number of benzene rings is 2. The first-order valence-corrected chi connectivity index (χ1v) is 12.2. The third kappa shape index (κ3) is 5.11. The number of carbonyl (C=O) groups is 1. The zero-order valence-electron chi connectivity index (χ0n) is 20.3. The number of urea groups is 1. The summed E-state index contributed by atoms with van der Waals surface area (Å²) in [5.41, 5.74) is 2.98. The topological polar surface area (TPSA) is 92.9 Å². The van der Waals surface area contributed by atoms with Gasteiger partial charge >= 0.3 is 11.7 Å². The highest BCUT2D eigenvalue weighted by Gasteiger charge is 2.26. The smallest absolute Gasteiger partial charge is 0.350 e. The molecule has 1 saturated heterocycles. The van der Waals surface area contributed by atoms with Crippen LogP contribution in [0.5, 0.6) is 5.75 Å². The van der Waals surface area contributed by atoms with Gasteiger partial charge < -0.3 is 15.4 Å². The molecule has 2 aromatic heterocycles. The Balaban J connectivity index is 1.25. The number of carbonyl (C=O) groups excluding carboxylic acids is 1. The molecule has 1 atom stereocenters. The predicted molar refractivity (Wildman–Crippen MR) is 139 cm³/mol. The molecule has 186 valence electrons. The van der Waals surface area contributed by atoms with E-state index in [9.17, 15) is 9.59 Å². The maximum absolute atomic E-state index is 12.8. The fourth-order valence-electron chi connectivity index (χ4n) is 4.79. The highest BCUT2D eigenvalue weighted by molar-refractivity contribution is 5.89. The van der Waals surface area contributed by atoms with Crippen LogP contribution in [0.3, 0.4) is 0 Å². The summed E-state index contributed by atoms with van der Waals surface area (Å²) in [7, 11) is 1.67. The molecule has 5 rings (SSSR count). The van der Waals surface area contributed by atoms with Crippen molar-refractivity contribution in [1.82, 2.24) is 24.4 Å². The fourth-order valence-corrected chi connectivity index (χ4v) is 4.79. The number of para-hydroxylation sites is 1. The van der Waals surface area contributed by atoms with Crippen LogP contribution in [0.4, 0.5) is 10.5 Å². The number of hydrogen-bond donors (Lipinski definition) is 2. The molecule has 2 N–H and O–H groups in total. The SMILES string of the molecule is COc1ccccc1C(CNC(=O)Nc1cccc(Cn2nc3ccccn3c2=O)c1)N1CCCC1. The molecule has 1 aliphatic rings. The van der Waals surface area contributed by atoms with Crippen molar-refractivity contribution in [3.8, 4) is 5.75 Å². The Bertz CT molecular complexity index is 1410. The minimum absolute atomic E-state index is 0.0302. The van der Waals surface area contributed by atoms with Crippen LogP contribution in [0.1, 0.15) is 30.0 Å². The summed E-state index contributed by atoms with van der Waals surface area (Å²) >= 11 is 0. The van der Waals surface area contributed by atoms with Crippen molar-refractivity contribution >= 4 is 17.4 Å². The number of pyridine rings is 1. The predicted octanol–water partition coefficient (Wildman–Crippen LogP) is 3.51. The van der Waals surface area contributed by atoms with Crippen LogP contribution in [-0.2, 0) is 6.54 Å². The summed E-state index contributed by atoms with van der Waals surface area (Å²) in [5, 5.41) is 10.3. The van der Waals surface area contributed by atoms with E-state index < -0.39 is 0 Å². The first-order chi connectivity index (χ1) is 17.6. The lowest BCUT2D eigenvalue weighted by Gasteiger charge is -2.29. The third-order valence-electron chi connectivity index (χ3n) is 6.54. The summed E-state index contributed by atoms with van der Waals surface area (Å²) in [5.74, 6) is 0.825. The van der Waals surface area contributed by atoms with Crippen LogP contribution in [-0.4, -0.2) is 51.9 Å². The van der Waals surface area contributed by atoms with Crippen LogP contribution in [0.15, 0.2) is 77.7 Å². The number of hydrogen-bond acceptors (Lipinski definition) is 5. The molecule has 4 aromatic rings. The molecular weight excluding hydrogens is 456 g/mol. The van der Waals surface area contributed by atoms with Gasteiger partial charge in [0.15, 0.2) is 5.65 Å². The van der Waals surface area contributed by atoms with E-state index in [1.165, 1.54) is 9.08 Å². The molecular formula is C27H30N6O3. The lowest BCUT2D eigenvalue weighted by Crippen LogP contribution is -2.38. The average molecular weight is 487 g/mol. The number of ether oxygens (including phenoxy) is 1. The van der Waals surface area contributed by atoms with Gasteiger partial charge in [-0.1, -0.05) is 36.4 Å². The first kappa shape index (κ1) is 23.6. The zero-order valence-corrected chi connectivity index (χ0v) is 20.3. The maximum Gasteiger partial charge on any atom is 0.350 e. The zero-order chi connectivity index (χ0) is 24.9. The molecule has 0 bridgehead atoms. The molecule has 9 heteroatoms. The number of nitrogens with zero attached hydrogens (tertiary/aromatic N) is 4. The number of rotatable bonds is 8. The van der Waals surface area contributed by atoms with E-state index in [1.807, 2.05) is 48.5 Å². The van der Waals surface area contributed by atoms with Gasteiger partial charge in [0.2, 0.25) is 0 Å². The molecule has 0 aliphatic carbocycles. The Morgan fingerprint density at radius 1 is 1.06 bits per heavy atom. The van der Waals surface area contributed by atoms with Crippen LogP contribution in [0.25, 0.3) is 5.65 Å². The lowest BCUT2D eigenvalue weighted by molar-refractivity contribution is 0.224. The Morgan fingerprint density at radius 2 is 1.86 bits per heavy atom. The minimum atomic E-state index is -0.281. The standard InChI is InChI=1S/C27H30N6O3/c1-36-24-12-3-2-11-22(24)23(31-14-6-7-15-31)18-28-26(34)29-21-10-8-9-20(17-21)19-33-27(35)32-16-5-4-13-25(32)30-33/h2-5,8-13,16-17,23H,6-7,14-15,18-19H2,1H3,(H2,28,29,34). The molecule has 1 aliphatic heterocycles. The highest BCUT2D eigenvalue weighted by atomic mass is 16.5. The summed E-state index contributed by atoms with van der Waals surface area (Å²) in [4.78, 5) is 27.8. The number of fused-ring (bicyclic) bond motifs is 1. The summed E-state index contributed by atoms with van der Waals surface area (Å²) < 4.78 is 8.52. The maximum atomic E-state index is 12.8. The van der Waals surface area contributed by atoms with Crippen molar-refractivity contribution in [2.24, 2.45) is 0 Å². The Morgan fingerprint density at radius 3 is 2.67 bits per heavy atom. The largest absolute Gasteiger partial charge is 0.496 e. The summed E-state index contributed by atoms with van der Waals surface area (Å²) in [6, 6.07) is 20.6. The second kappa shape index (κ2) is 10.7. The van der Waals surface area contributed by atoms with Gasteiger partial charge in [-0.3, -0.25) is 9.30 Å². The van der Waals surface area contributed by atoms with E-state index in [2.05, 4.69) is 26.7 Å². The Hall–Kier alpha value is -4.11. The van der Waals surface area contributed by atoms with E-state index in [0.717, 1.165) is 42.8 Å².